The molecule has 0 saturated heterocycles. The maximum atomic E-state index is 11.6. The van der Waals surface area contributed by atoms with Crippen LogP contribution >= 0.6 is 0 Å². The van der Waals surface area contributed by atoms with Crippen LogP contribution in [-0.2, 0) is 4.74 Å². The van der Waals surface area contributed by atoms with Gasteiger partial charge in [-0.05, 0) is 19.4 Å². The number of nitrogens with zero attached hydrogens (tertiary/aromatic N) is 1. The zero-order valence-electron chi connectivity index (χ0n) is 9.85. The lowest BCUT2D eigenvalue weighted by Gasteiger charge is -2.08. The number of nitro benzene ring substituents is 1. The molecule has 6 nitrogen and oxygen atoms in total. The highest BCUT2D eigenvalue weighted by molar-refractivity contribution is 5.94. The molecule has 1 aromatic carbocycles. The van der Waals surface area contributed by atoms with E-state index in [1.807, 2.05) is 0 Å². The third kappa shape index (κ3) is 2.72. The number of nitro groups is 1. The summed E-state index contributed by atoms with van der Waals surface area (Å²) in [6.07, 6.45) is 0. The fraction of sp³-hybridized carbons (Fsp3) is 0.364. The molecule has 0 bridgehead atoms. The minimum absolute atomic E-state index is 0.0979. The Kier molecular flexibility index (Phi) is 4.03. The van der Waals surface area contributed by atoms with Crippen molar-refractivity contribution in [2.45, 2.75) is 13.8 Å². The van der Waals surface area contributed by atoms with E-state index in [4.69, 9.17) is 9.47 Å². The fourth-order valence-corrected chi connectivity index (χ4v) is 1.42. The number of hydrogen-bond acceptors (Lipinski definition) is 5. The summed E-state index contributed by atoms with van der Waals surface area (Å²) in [4.78, 5) is 21.8. The van der Waals surface area contributed by atoms with Gasteiger partial charge in [0.05, 0.1) is 18.6 Å². The molecule has 17 heavy (non-hydrogen) atoms. The molecule has 0 atom stereocenters. The highest BCUT2D eigenvalue weighted by Crippen LogP contribution is 2.28. The van der Waals surface area contributed by atoms with Gasteiger partial charge in [0, 0.05) is 12.1 Å². The molecular formula is C11H13NO5. The van der Waals surface area contributed by atoms with Crippen LogP contribution in [-0.4, -0.2) is 24.6 Å². The molecule has 1 rings (SSSR count). The number of methoxy groups -OCH3 is 1. The van der Waals surface area contributed by atoms with Crippen LogP contribution in [0.1, 0.15) is 22.8 Å². The Morgan fingerprint density at radius 3 is 2.59 bits per heavy atom. The largest absolute Gasteiger partial charge is 0.496 e. The summed E-state index contributed by atoms with van der Waals surface area (Å²) in [5, 5.41) is 10.8. The first-order chi connectivity index (χ1) is 8.01. The van der Waals surface area contributed by atoms with E-state index in [0.717, 1.165) is 0 Å². The number of benzene rings is 1. The molecule has 0 heterocycles. The molecule has 0 aromatic heterocycles. The Labute approximate surface area is 98.3 Å². The number of rotatable bonds is 4. The van der Waals surface area contributed by atoms with Crippen LogP contribution in [0.3, 0.4) is 0 Å². The van der Waals surface area contributed by atoms with Gasteiger partial charge in [0.2, 0.25) is 0 Å². The minimum Gasteiger partial charge on any atom is -0.496 e. The van der Waals surface area contributed by atoms with Crippen molar-refractivity contribution >= 4 is 11.7 Å². The third-order valence-electron chi connectivity index (χ3n) is 2.21. The van der Waals surface area contributed by atoms with Crippen molar-refractivity contribution in [2.24, 2.45) is 0 Å². The highest BCUT2D eigenvalue weighted by atomic mass is 16.6. The molecular weight excluding hydrogens is 226 g/mol. The fourth-order valence-electron chi connectivity index (χ4n) is 1.42. The number of esters is 1. The molecule has 0 aliphatic rings. The summed E-state index contributed by atoms with van der Waals surface area (Å²) in [6.45, 7) is 3.46. The van der Waals surface area contributed by atoms with Crippen molar-refractivity contribution in [3.05, 3.63) is 33.4 Å². The Bertz CT molecular complexity index is 455. The van der Waals surface area contributed by atoms with Gasteiger partial charge in [0.15, 0.2) is 0 Å². The molecule has 0 aliphatic heterocycles. The molecule has 0 unspecified atom stereocenters. The SMILES string of the molecule is CCOC(=O)c1cc(OC)c(C)cc1[N+](=O)[O-]. The third-order valence-corrected chi connectivity index (χ3v) is 2.21. The molecule has 92 valence electrons. The summed E-state index contributed by atoms with van der Waals surface area (Å²) in [5.41, 5.74) is 0.216. The van der Waals surface area contributed by atoms with Crippen molar-refractivity contribution < 1.29 is 19.2 Å². The van der Waals surface area contributed by atoms with Gasteiger partial charge in [-0.15, -0.1) is 0 Å². The van der Waals surface area contributed by atoms with Crippen molar-refractivity contribution in [1.82, 2.24) is 0 Å². The van der Waals surface area contributed by atoms with Gasteiger partial charge >= 0.3 is 5.97 Å². The second-order valence-electron chi connectivity index (χ2n) is 3.32. The zero-order valence-corrected chi connectivity index (χ0v) is 9.85. The van der Waals surface area contributed by atoms with Gasteiger partial charge in [0.25, 0.3) is 5.69 Å². The van der Waals surface area contributed by atoms with Crippen LogP contribution in [0.5, 0.6) is 5.75 Å². The second-order valence-corrected chi connectivity index (χ2v) is 3.32. The van der Waals surface area contributed by atoms with Crippen LogP contribution in [0.2, 0.25) is 0 Å². The lowest BCUT2D eigenvalue weighted by molar-refractivity contribution is -0.385. The van der Waals surface area contributed by atoms with Crippen LogP contribution in [0.25, 0.3) is 0 Å². The average molecular weight is 239 g/mol. The minimum atomic E-state index is -0.725. The smallest absolute Gasteiger partial charge is 0.345 e. The summed E-state index contributed by atoms with van der Waals surface area (Å²) < 4.78 is 9.78. The normalized spacial score (nSPS) is 9.82. The van der Waals surface area contributed by atoms with E-state index in [1.165, 1.54) is 19.2 Å². The predicted molar refractivity (Wildman–Crippen MR) is 60.3 cm³/mol. The summed E-state index contributed by atoms with van der Waals surface area (Å²) >= 11 is 0. The van der Waals surface area contributed by atoms with Gasteiger partial charge in [-0.25, -0.2) is 4.79 Å². The maximum absolute atomic E-state index is 11.6. The Balaban J connectivity index is 3.33. The average Bonchev–Trinajstić information content (AvgIpc) is 2.28. The molecule has 0 radical (unpaired) electrons. The molecule has 0 aliphatic carbocycles. The number of ether oxygens (including phenoxy) is 2. The highest BCUT2D eigenvalue weighted by Gasteiger charge is 2.23. The first-order valence-corrected chi connectivity index (χ1v) is 5.01. The van der Waals surface area contributed by atoms with Crippen molar-refractivity contribution in [2.75, 3.05) is 13.7 Å². The molecule has 1 aromatic rings. The topological polar surface area (TPSA) is 78.7 Å². The number of hydrogen-bond donors (Lipinski definition) is 0. The first kappa shape index (κ1) is 13.0. The van der Waals surface area contributed by atoms with E-state index < -0.39 is 10.9 Å². The van der Waals surface area contributed by atoms with E-state index in [0.29, 0.717) is 11.3 Å². The van der Waals surface area contributed by atoms with Crippen LogP contribution < -0.4 is 4.74 Å². The quantitative estimate of drug-likeness (QED) is 0.456. The van der Waals surface area contributed by atoms with Crippen LogP contribution in [0.15, 0.2) is 12.1 Å². The standard InChI is InChI=1S/C11H13NO5/c1-4-17-11(13)8-6-10(16-3)7(2)5-9(8)12(14)15/h5-6H,4H2,1-3H3. The Morgan fingerprint density at radius 1 is 1.47 bits per heavy atom. The van der Waals surface area contributed by atoms with Gasteiger partial charge in [0.1, 0.15) is 11.3 Å². The first-order valence-electron chi connectivity index (χ1n) is 5.01. The van der Waals surface area contributed by atoms with E-state index in [2.05, 4.69) is 0 Å². The molecule has 6 heteroatoms. The molecule has 0 fully saturated rings. The molecule has 0 amide bonds. The molecule has 0 spiro atoms. The number of carbonyl (C=O) groups is 1. The lowest BCUT2D eigenvalue weighted by Crippen LogP contribution is -2.09. The molecule has 0 N–H and O–H groups in total. The Morgan fingerprint density at radius 2 is 2.12 bits per heavy atom. The number of aryl methyl sites for hydroxylation is 1. The van der Waals surface area contributed by atoms with Gasteiger partial charge in [-0.2, -0.15) is 0 Å². The second kappa shape index (κ2) is 5.29. The van der Waals surface area contributed by atoms with E-state index in [-0.39, 0.29) is 17.9 Å². The lowest BCUT2D eigenvalue weighted by atomic mass is 10.1. The summed E-state index contributed by atoms with van der Waals surface area (Å²) in [7, 11) is 1.43. The van der Waals surface area contributed by atoms with E-state index in [1.54, 1.807) is 13.8 Å². The monoisotopic (exact) mass is 239 g/mol. The number of carbonyl (C=O) groups excluding carboxylic acids is 1. The Hall–Kier alpha value is -2.11. The van der Waals surface area contributed by atoms with Crippen molar-refractivity contribution in [3.63, 3.8) is 0 Å². The maximum Gasteiger partial charge on any atom is 0.345 e. The zero-order chi connectivity index (χ0) is 13.0. The van der Waals surface area contributed by atoms with Gasteiger partial charge < -0.3 is 9.47 Å². The van der Waals surface area contributed by atoms with E-state index >= 15 is 0 Å². The summed E-state index contributed by atoms with van der Waals surface area (Å²) in [6, 6.07) is 2.62. The van der Waals surface area contributed by atoms with Crippen LogP contribution in [0, 0.1) is 17.0 Å². The van der Waals surface area contributed by atoms with Gasteiger partial charge in [-0.1, -0.05) is 0 Å². The predicted octanol–water partition coefficient (Wildman–Crippen LogP) is 2.09. The molecule has 0 saturated carbocycles. The van der Waals surface area contributed by atoms with E-state index in [9.17, 15) is 14.9 Å². The van der Waals surface area contributed by atoms with Crippen molar-refractivity contribution in [1.29, 1.82) is 0 Å². The van der Waals surface area contributed by atoms with Crippen LogP contribution in [0.4, 0.5) is 5.69 Å². The van der Waals surface area contributed by atoms with Crippen molar-refractivity contribution in [3.8, 4) is 5.75 Å². The summed E-state index contributed by atoms with van der Waals surface area (Å²) in [5.74, 6) is -0.309. The van der Waals surface area contributed by atoms with Gasteiger partial charge in [-0.3, -0.25) is 10.1 Å².